The lowest BCUT2D eigenvalue weighted by molar-refractivity contribution is -0.270. The molecule has 622 valence electrons. The van der Waals surface area contributed by atoms with E-state index in [1.165, 1.54) is 75.5 Å². The molecule has 10 aliphatic rings. The van der Waals surface area contributed by atoms with Gasteiger partial charge in [-0.1, -0.05) is 43.6 Å². The van der Waals surface area contributed by atoms with Crippen LogP contribution in [0.15, 0.2) is 103 Å². The van der Waals surface area contributed by atoms with Gasteiger partial charge in [0.15, 0.2) is 11.5 Å². The zero-order valence-corrected chi connectivity index (χ0v) is 64.8. The number of likely N-dealkylation sites (N-methyl/N-ethyl adjacent to an activating group) is 1. The van der Waals surface area contributed by atoms with E-state index in [2.05, 4.69) is 58.5 Å². The van der Waals surface area contributed by atoms with Crippen LogP contribution in [0.1, 0.15) is 129 Å². The molecule has 0 radical (unpaired) electrons. The van der Waals surface area contributed by atoms with E-state index in [4.69, 9.17) is 41.0 Å². The van der Waals surface area contributed by atoms with E-state index in [0.29, 0.717) is 17.6 Å². The largest absolute Gasteiger partial charge is 0.508 e. The van der Waals surface area contributed by atoms with Crippen molar-refractivity contribution in [1.29, 1.82) is 0 Å². The summed E-state index contributed by atoms with van der Waals surface area (Å²) >= 11 is 7.18. The van der Waals surface area contributed by atoms with E-state index in [1.54, 1.807) is 0 Å². The number of anilines is 1. The number of fused-ring (bicyclic) bond motifs is 15. The highest BCUT2D eigenvalue weighted by atomic mass is 35.5. The molecule has 117 heavy (non-hydrogen) atoms. The average molecular weight is 1640 g/mol. The third kappa shape index (κ3) is 18.4. The van der Waals surface area contributed by atoms with Crippen molar-refractivity contribution >= 4 is 76.5 Å². The molecule has 16 rings (SSSR count). The molecule has 36 heteroatoms. The number of aryl methyl sites for hydroxylation is 1. The highest BCUT2D eigenvalue weighted by Gasteiger charge is 2.51. The Labute approximate surface area is 674 Å². The van der Waals surface area contributed by atoms with Crippen molar-refractivity contribution < 1.29 is 112 Å². The number of aliphatic hydroxyl groups is 5. The zero-order valence-electron chi connectivity index (χ0n) is 64.1. The van der Waals surface area contributed by atoms with Gasteiger partial charge in [-0.3, -0.25) is 48.5 Å². The summed E-state index contributed by atoms with van der Waals surface area (Å²) in [5.41, 5.74) is 4.29. The van der Waals surface area contributed by atoms with Gasteiger partial charge < -0.3 is 123 Å². The minimum absolute atomic E-state index is 0.0541. The number of halogens is 1. The van der Waals surface area contributed by atoms with Crippen LogP contribution in [0.25, 0.3) is 11.1 Å². The standard InChI is InChI=1S/C81H93ClN12O23/c1-33(2)18-50(84-5)73(105)93-65-67(100)39-7-14-54(34(3)19-39)114-56-27-43-28-57(72(56)117-80-71(104)70(103)69(102)58(32-83)116-80)115-55-15-8-40(26-49(55)82)68(101)66-79(111)92-64(77(109)89-61-41-21-36-20-37(23-41)24-42(61)22-36)48-29-45(96)30-53(98)60(48)47-25-38(6-13-52(47)97)62(75(107)94-66)91-76(108)63(43)90-74(106)51(87-78(65)110)31-59(99)88-81(112)86-44-9-11-46(12-10-44)113-17-16-85-35(4)95/h6-15,19,25-30,33,36-37,41-42,50-51,58,61-71,80,84,96-98,100-104H,16-18,20-24,31-32,83H2,1-5H3,(H,85,95)(H,87,110)(H,89,109)(H,90,106)(H,91,108)(H,92,111)(H,93,105)(H,94,107)(H2,86,88,99,112)/t36?,37?,41?,42?,50-,51+,58-,61?,62-,63-,64+,65-,66+,67-,68-,69-,70+,71-,80+/m1/s1. The number of urea groups is 1. The van der Waals surface area contributed by atoms with Crippen LogP contribution in [0, 0.1) is 36.5 Å². The van der Waals surface area contributed by atoms with Gasteiger partial charge in [0.1, 0.15) is 114 Å². The SMILES string of the molecule is CN[C@H](CC(C)C)C(=O)N[C@H]1C(=O)N[C@@H](CC(=O)NC(=O)Nc2ccc(OCCNC(C)=O)cc2)C(=O)N[C@H]2C(=O)N[C@H]3C(=O)N[C@H](C(=O)N[C@H](C(=O)NC4C5CC6CC(C5)CC4C6)c4cc(O)cc(O)c4-c4cc3ccc4O)[C@H](O)c3ccc(c(Cl)c3)Oc3cc2cc(c3O[C@@H]2O[C@H](CN)[C@@H](O)[C@H](O)[C@H]2O)Oc2ccc(cc2C)[C@H]1O. The van der Waals surface area contributed by atoms with Crippen molar-refractivity contribution in [3.05, 3.63) is 142 Å². The fourth-order valence-electron chi connectivity index (χ4n) is 16.7. The molecule has 5 fully saturated rings. The van der Waals surface area contributed by atoms with Crippen LogP contribution in [-0.2, 0) is 47.9 Å². The number of nitrogens with two attached hydrogens (primary N) is 1. The average Bonchev–Trinajstić information content (AvgIpc) is 0.756. The zero-order chi connectivity index (χ0) is 83.7. The molecule has 6 aliphatic heterocycles. The topological polar surface area (TPSA) is 537 Å². The number of phenolic OH excluding ortho intramolecular Hbond substituents is 3. The highest BCUT2D eigenvalue weighted by Crippen LogP contribution is 2.55. The van der Waals surface area contributed by atoms with Crippen LogP contribution in [-0.4, -0.2) is 188 Å². The fraction of sp³-hybridized carbons (Fsp3) is 0.432. The van der Waals surface area contributed by atoms with Crippen LogP contribution in [0.4, 0.5) is 10.5 Å². The number of ether oxygens (including phenoxy) is 5. The first kappa shape index (κ1) is 83.5. The number of amides is 11. The van der Waals surface area contributed by atoms with E-state index >= 15 is 28.8 Å². The summed E-state index contributed by atoms with van der Waals surface area (Å²) in [6, 6.07) is 5.29. The number of nitrogens with one attached hydrogen (secondary N) is 11. The second kappa shape index (κ2) is 35.2. The van der Waals surface area contributed by atoms with E-state index < -0.39 is 192 Å². The van der Waals surface area contributed by atoms with Crippen molar-refractivity contribution in [2.75, 3.05) is 32.1 Å². The van der Waals surface area contributed by atoms with Gasteiger partial charge in [-0.15, -0.1) is 0 Å². The Balaban J connectivity index is 0.975. The number of hydrogen-bond donors (Lipinski definition) is 20. The minimum atomic E-state index is -2.36. The molecule has 0 spiro atoms. The Morgan fingerprint density at radius 1 is 0.650 bits per heavy atom. The molecule has 21 N–H and O–H groups in total. The smallest absolute Gasteiger partial charge is 0.325 e. The maximum Gasteiger partial charge on any atom is 0.325 e. The highest BCUT2D eigenvalue weighted by molar-refractivity contribution is 6.32. The molecule has 6 heterocycles. The number of imide groups is 1. The predicted molar refractivity (Wildman–Crippen MR) is 414 cm³/mol. The van der Waals surface area contributed by atoms with Crippen molar-refractivity contribution in [1.82, 2.24) is 53.2 Å². The summed E-state index contributed by atoms with van der Waals surface area (Å²) in [6.45, 7) is 6.32. The molecule has 6 aromatic rings. The number of carbonyl (C=O) groups is 10. The maximum atomic E-state index is 16.4. The van der Waals surface area contributed by atoms with Crippen LogP contribution in [0.2, 0.25) is 5.02 Å². The molecular formula is C81H93ClN12O23. The van der Waals surface area contributed by atoms with Gasteiger partial charge in [-0.05, 0) is 194 Å². The number of carbonyl (C=O) groups excluding carboxylic acids is 10. The Kier molecular flexibility index (Phi) is 25.1. The van der Waals surface area contributed by atoms with E-state index in [0.717, 1.165) is 80.6 Å². The van der Waals surface area contributed by atoms with Gasteiger partial charge in [0, 0.05) is 42.4 Å². The van der Waals surface area contributed by atoms with Crippen molar-refractivity contribution in [3.8, 4) is 62.9 Å². The molecule has 0 unspecified atom stereocenters. The molecule has 4 aliphatic carbocycles. The molecule has 11 amide bonds. The number of phenols is 3. The Bertz CT molecular complexity index is 4830. The fourth-order valence-corrected chi connectivity index (χ4v) is 17.0. The van der Waals surface area contributed by atoms with Crippen molar-refractivity contribution in [3.63, 3.8) is 0 Å². The normalized spacial score (nSPS) is 27.5. The summed E-state index contributed by atoms with van der Waals surface area (Å²) in [7, 11) is 1.49. The minimum Gasteiger partial charge on any atom is -0.508 e. The summed E-state index contributed by atoms with van der Waals surface area (Å²) in [5, 5.41) is 123. The maximum absolute atomic E-state index is 16.4. The monoisotopic (exact) mass is 1640 g/mol. The third-order valence-corrected chi connectivity index (χ3v) is 22.6. The van der Waals surface area contributed by atoms with E-state index in [9.17, 15) is 60.0 Å². The van der Waals surface area contributed by atoms with Gasteiger partial charge in [0.05, 0.1) is 24.0 Å². The van der Waals surface area contributed by atoms with E-state index in [1.807, 2.05) is 13.8 Å². The first-order valence-electron chi connectivity index (χ1n) is 38.4. The summed E-state index contributed by atoms with van der Waals surface area (Å²) < 4.78 is 31.5. The number of aliphatic hydroxyl groups excluding tert-OH is 5. The van der Waals surface area contributed by atoms with Gasteiger partial charge in [0.2, 0.25) is 65.2 Å². The molecule has 6 aromatic carbocycles. The predicted octanol–water partition coefficient (Wildman–Crippen LogP) is 2.72. The Morgan fingerprint density at radius 2 is 1.29 bits per heavy atom. The first-order chi connectivity index (χ1) is 55.8. The van der Waals surface area contributed by atoms with Crippen molar-refractivity contribution in [2.24, 2.45) is 35.3 Å². The summed E-state index contributed by atoms with van der Waals surface area (Å²) in [6.07, 6.45) is -10.1. The Morgan fingerprint density at radius 3 is 1.94 bits per heavy atom. The quantitative estimate of drug-likeness (QED) is 0.0584. The second-order valence-electron chi connectivity index (χ2n) is 31.1. The molecule has 4 saturated carbocycles. The van der Waals surface area contributed by atoms with Crippen LogP contribution in [0.5, 0.6) is 51.7 Å². The van der Waals surface area contributed by atoms with Crippen molar-refractivity contribution in [2.45, 2.75) is 164 Å². The van der Waals surface area contributed by atoms with Gasteiger partial charge in [0.25, 0.3) is 0 Å². The lowest BCUT2D eigenvalue weighted by atomic mass is 9.54. The summed E-state index contributed by atoms with van der Waals surface area (Å²) in [5.74, 6) is -12.9. The third-order valence-electron chi connectivity index (χ3n) is 22.3. The molecule has 1 saturated heterocycles. The lowest BCUT2D eigenvalue weighted by Crippen LogP contribution is -2.60. The van der Waals surface area contributed by atoms with Gasteiger partial charge in [-0.25, -0.2) is 4.79 Å². The molecule has 14 atom stereocenters. The molecule has 15 bridgehead atoms. The van der Waals surface area contributed by atoms with Gasteiger partial charge in [-0.2, -0.15) is 0 Å². The van der Waals surface area contributed by atoms with Crippen LogP contribution >= 0.6 is 11.6 Å². The molecule has 35 nitrogen and oxygen atoms in total. The van der Waals surface area contributed by atoms with Crippen LogP contribution < -0.4 is 83.2 Å². The number of benzene rings is 6. The van der Waals surface area contributed by atoms with Crippen LogP contribution in [0.3, 0.4) is 0 Å². The number of aromatic hydroxyl groups is 3. The second-order valence-corrected chi connectivity index (χ2v) is 31.5. The lowest BCUT2D eigenvalue weighted by Gasteiger charge is -2.54. The molecule has 0 aromatic heterocycles. The molecular weight excluding hydrogens is 1540 g/mol. The van der Waals surface area contributed by atoms with Gasteiger partial charge >= 0.3 is 6.03 Å². The number of hydrogen-bond acceptors (Lipinski definition) is 25. The Hall–Kier alpha value is -11.4. The summed E-state index contributed by atoms with van der Waals surface area (Å²) in [4.78, 5) is 149. The first-order valence-corrected chi connectivity index (χ1v) is 38.8. The number of rotatable bonds is 17. The van der Waals surface area contributed by atoms with E-state index in [-0.39, 0.29) is 110 Å².